The number of fused-ring (bicyclic) bond motifs is 1. The Labute approximate surface area is 141 Å². The number of hydrogen-bond donors (Lipinski definition) is 0. The van der Waals surface area contributed by atoms with Crippen LogP contribution in [0.15, 0.2) is 34.8 Å². The van der Waals surface area contributed by atoms with Gasteiger partial charge in [-0.3, -0.25) is 4.68 Å². The average Bonchev–Trinajstić information content (AvgIpc) is 3.18. The smallest absolute Gasteiger partial charge is 0.358 e. The standard InChI is InChI=1S/C15H15N3O3S2/c1-3-21-10-4-5-11-13(8-10)23-15(16-11)22-9-18-7-6-12(17-18)14(19)20-2/h4-8H,3,9H2,1-2H3. The molecule has 3 aromatic rings. The lowest BCUT2D eigenvalue weighted by atomic mass is 10.3. The van der Waals surface area contributed by atoms with E-state index in [2.05, 4.69) is 14.8 Å². The van der Waals surface area contributed by atoms with Gasteiger partial charge in [-0.2, -0.15) is 5.10 Å². The van der Waals surface area contributed by atoms with Gasteiger partial charge in [0.2, 0.25) is 0 Å². The summed E-state index contributed by atoms with van der Waals surface area (Å²) >= 11 is 3.18. The second-order valence-electron chi connectivity index (χ2n) is 4.55. The van der Waals surface area contributed by atoms with Crippen LogP contribution in [0.25, 0.3) is 10.2 Å². The molecule has 8 heteroatoms. The number of hydrogen-bond acceptors (Lipinski definition) is 7. The second-order valence-corrected chi connectivity index (χ2v) is 6.77. The van der Waals surface area contributed by atoms with Crippen molar-refractivity contribution in [2.24, 2.45) is 0 Å². The highest BCUT2D eigenvalue weighted by molar-refractivity contribution is 8.00. The molecule has 0 fully saturated rings. The number of methoxy groups -OCH3 is 1. The van der Waals surface area contributed by atoms with Crippen LogP contribution in [0.5, 0.6) is 5.75 Å². The van der Waals surface area contributed by atoms with E-state index in [1.165, 1.54) is 7.11 Å². The Hall–Kier alpha value is -2.06. The zero-order chi connectivity index (χ0) is 16.2. The van der Waals surface area contributed by atoms with Gasteiger partial charge in [-0.25, -0.2) is 9.78 Å². The Morgan fingerprint density at radius 2 is 2.26 bits per heavy atom. The van der Waals surface area contributed by atoms with Gasteiger partial charge in [0.25, 0.3) is 0 Å². The molecular formula is C15H15N3O3S2. The monoisotopic (exact) mass is 349 g/mol. The van der Waals surface area contributed by atoms with Crippen LogP contribution in [-0.2, 0) is 10.6 Å². The topological polar surface area (TPSA) is 66.2 Å². The fourth-order valence-corrected chi connectivity index (χ4v) is 3.91. The number of carbonyl (C=O) groups excluding carboxylic acids is 1. The first-order valence-electron chi connectivity index (χ1n) is 6.97. The minimum atomic E-state index is -0.433. The van der Waals surface area contributed by atoms with Crippen molar-refractivity contribution in [1.82, 2.24) is 14.8 Å². The minimum Gasteiger partial charge on any atom is -0.494 e. The maximum Gasteiger partial charge on any atom is 0.358 e. The molecule has 0 spiro atoms. The van der Waals surface area contributed by atoms with E-state index in [1.54, 1.807) is 40.0 Å². The van der Waals surface area contributed by atoms with E-state index < -0.39 is 5.97 Å². The number of thioether (sulfide) groups is 1. The second kappa shape index (κ2) is 7.01. The molecule has 2 aromatic heterocycles. The van der Waals surface area contributed by atoms with Crippen molar-refractivity contribution in [3.8, 4) is 5.75 Å². The molecule has 1 aromatic carbocycles. The normalized spacial score (nSPS) is 10.9. The highest BCUT2D eigenvalue weighted by Gasteiger charge is 2.10. The summed E-state index contributed by atoms with van der Waals surface area (Å²) in [6.45, 7) is 2.61. The van der Waals surface area contributed by atoms with Gasteiger partial charge in [0.05, 0.1) is 29.8 Å². The van der Waals surface area contributed by atoms with E-state index in [0.717, 1.165) is 20.3 Å². The summed E-state index contributed by atoms with van der Waals surface area (Å²) in [6.07, 6.45) is 1.75. The number of nitrogens with zero attached hydrogens (tertiary/aromatic N) is 3. The molecule has 3 rings (SSSR count). The van der Waals surface area contributed by atoms with Gasteiger partial charge in [0, 0.05) is 6.20 Å². The van der Waals surface area contributed by atoms with Crippen molar-refractivity contribution in [2.75, 3.05) is 13.7 Å². The van der Waals surface area contributed by atoms with Crippen LogP contribution in [0.3, 0.4) is 0 Å². The first kappa shape index (κ1) is 15.8. The molecule has 0 aliphatic heterocycles. The molecule has 0 amide bonds. The molecule has 2 heterocycles. The van der Waals surface area contributed by atoms with Crippen LogP contribution in [0.1, 0.15) is 17.4 Å². The van der Waals surface area contributed by atoms with Crippen LogP contribution in [-0.4, -0.2) is 34.5 Å². The number of aromatic nitrogens is 3. The number of benzene rings is 1. The third-order valence-electron chi connectivity index (χ3n) is 3.01. The Morgan fingerprint density at radius 3 is 3.04 bits per heavy atom. The molecule has 120 valence electrons. The van der Waals surface area contributed by atoms with E-state index in [9.17, 15) is 4.79 Å². The van der Waals surface area contributed by atoms with Crippen LogP contribution in [0.2, 0.25) is 0 Å². The van der Waals surface area contributed by atoms with E-state index in [4.69, 9.17) is 4.74 Å². The Kier molecular flexibility index (Phi) is 4.82. The predicted octanol–water partition coefficient (Wildman–Crippen LogP) is 3.43. The van der Waals surface area contributed by atoms with Crippen molar-refractivity contribution in [2.45, 2.75) is 17.1 Å². The first-order valence-corrected chi connectivity index (χ1v) is 8.77. The van der Waals surface area contributed by atoms with E-state index >= 15 is 0 Å². The van der Waals surface area contributed by atoms with Gasteiger partial charge in [-0.05, 0) is 31.2 Å². The van der Waals surface area contributed by atoms with Crippen molar-refractivity contribution in [3.63, 3.8) is 0 Å². The third kappa shape index (κ3) is 3.65. The van der Waals surface area contributed by atoms with Crippen molar-refractivity contribution >= 4 is 39.3 Å². The first-order chi connectivity index (χ1) is 11.2. The lowest BCUT2D eigenvalue weighted by Gasteiger charge is -2.00. The lowest BCUT2D eigenvalue weighted by molar-refractivity contribution is 0.0593. The summed E-state index contributed by atoms with van der Waals surface area (Å²) in [5.41, 5.74) is 1.26. The maximum atomic E-state index is 11.4. The fourth-order valence-electron chi connectivity index (χ4n) is 1.97. The Morgan fingerprint density at radius 1 is 1.39 bits per heavy atom. The number of rotatable bonds is 6. The summed E-state index contributed by atoms with van der Waals surface area (Å²) in [4.78, 5) is 16.0. The van der Waals surface area contributed by atoms with E-state index in [1.807, 2.05) is 25.1 Å². The Bertz CT molecular complexity index is 828. The molecule has 0 aliphatic carbocycles. The van der Waals surface area contributed by atoms with Gasteiger partial charge in [0.15, 0.2) is 10.0 Å². The van der Waals surface area contributed by atoms with Gasteiger partial charge in [-0.15, -0.1) is 11.3 Å². The van der Waals surface area contributed by atoms with Crippen molar-refractivity contribution < 1.29 is 14.3 Å². The van der Waals surface area contributed by atoms with Gasteiger partial charge in [-0.1, -0.05) is 11.8 Å². The number of esters is 1. The molecule has 6 nitrogen and oxygen atoms in total. The predicted molar refractivity (Wildman–Crippen MR) is 90.2 cm³/mol. The molecule has 0 radical (unpaired) electrons. The zero-order valence-electron chi connectivity index (χ0n) is 12.7. The molecule has 0 atom stereocenters. The van der Waals surface area contributed by atoms with Gasteiger partial charge < -0.3 is 9.47 Å². The SMILES string of the molecule is CCOc1ccc2nc(SCn3ccc(C(=O)OC)n3)sc2c1. The molecule has 23 heavy (non-hydrogen) atoms. The third-order valence-corrected chi connectivity index (χ3v) is 5.16. The number of thiazole rings is 1. The molecule has 0 saturated heterocycles. The van der Waals surface area contributed by atoms with Crippen LogP contribution in [0.4, 0.5) is 0 Å². The van der Waals surface area contributed by atoms with Gasteiger partial charge >= 0.3 is 5.97 Å². The summed E-state index contributed by atoms with van der Waals surface area (Å²) in [7, 11) is 1.34. The highest BCUT2D eigenvalue weighted by atomic mass is 32.2. The minimum absolute atomic E-state index is 0.304. The zero-order valence-corrected chi connectivity index (χ0v) is 14.3. The summed E-state index contributed by atoms with van der Waals surface area (Å²) in [5, 5.41) is 4.17. The van der Waals surface area contributed by atoms with Crippen molar-refractivity contribution in [1.29, 1.82) is 0 Å². The van der Waals surface area contributed by atoms with E-state index in [-0.39, 0.29) is 0 Å². The van der Waals surface area contributed by atoms with Gasteiger partial charge in [0.1, 0.15) is 5.75 Å². The lowest BCUT2D eigenvalue weighted by Crippen LogP contribution is -2.04. The van der Waals surface area contributed by atoms with E-state index in [0.29, 0.717) is 18.2 Å². The van der Waals surface area contributed by atoms with Crippen LogP contribution in [0, 0.1) is 0 Å². The molecule has 0 unspecified atom stereocenters. The molecule has 0 bridgehead atoms. The average molecular weight is 349 g/mol. The highest BCUT2D eigenvalue weighted by Crippen LogP contribution is 2.32. The van der Waals surface area contributed by atoms with Crippen molar-refractivity contribution in [3.05, 3.63) is 36.2 Å². The molecular weight excluding hydrogens is 334 g/mol. The molecule has 0 aliphatic rings. The number of ether oxygens (including phenoxy) is 2. The maximum absolute atomic E-state index is 11.4. The number of carbonyl (C=O) groups is 1. The molecule has 0 saturated carbocycles. The van der Waals surface area contributed by atoms with Crippen LogP contribution < -0.4 is 4.74 Å². The summed E-state index contributed by atoms with van der Waals surface area (Å²) in [6, 6.07) is 7.53. The fraction of sp³-hybridized carbons (Fsp3) is 0.267. The Balaban J connectivity index is 1.69. The quantitative estimate of drug-likeness (QED) is 0.502. The summed E-state index contributed by atoms with van der Waals surface area (Å²) in [5.74, 6) is 1.00. The largest absolute Gasteiger partial charge is 0.494 e. The van der Waals surface area contributed by atoms with Crippen LogP contribution >= 0.6 is 23.1 Å². The molecule has 0 N–H and O–H groups in total. The summed E-state index contributed by atoms with van der Waals surface area (Å²) < 4.78 is 13.9.